The maximum Gasteiger partial charge on any atom is 0.312 e. The van der Waals surface area contributed by atoms with Crippen molar-refractivity contribution in [3.8, 4) is 0 Å². The Hall–Kier alpha value is -2.22. The van der Waals surface area contributed by atoms with Crippen LogP contribution in [-0.2, 0) is 16.1 Å². The number of nitrogens with zero attached hydrogens (tertiary/aromatic N) is 4. The lowest BCUT2D eigenvalue weighted by Gasteiger charge is -2.36. The summed E-state index contributed by atoms with van der Waals surface area (Å²) in [6, 6.07) is 0. The van der Waals surface area contributed by atoms with Crippen molar-refractivity contribution in [2.75, 3.05) is 13.1 Å². The maximum atomic E-state index is 12.7. The number of carbonyl (C=O) groups excluding carboxylic acids is 2. The molecule has 2 fully saturated rings. The van der Waals surface area contributed by atoms with Gasteiger partial charge in [-0.3, -0.25) is 9.59 Å². The summed E-state index contributed by atoms with van der Waals surface area (Å²) in [5, 5.41) is 2.50. The Labute approximate surface area is 162 Å². The molecule has 144 valence electrons. The number of piperidine rings is 1. The van der Waals surface area contributed by atoms with Crippen LogP contribution >= 0.6 is 11.3 Å². The second-order valence-corrected chi connectivity index (χ2v) is 8.65. The highest BCUT2D eigenvalue weighted by Crippen LogP contribution is 2.43. The van der Waals surface area contributed by atoms with Crippen LogP contribution in [0.25, 0.3) is 0 Å². The van der Waals surface area contributed by atoms with Crippen LogP contribution in [0.2, 0.25) is 0 Å². The topological polar surface area (TPSA) is 77.3 Å². The minimum absolute atomic E-state index is 0.0249. The first kappa shape index (κ1) is 18.2. The van der Waals surface area contributed by atoms with E-state index in [1.54, 1.807) is 12.5 Å². The minimum Gasteiger partial charge on any atom is -0.460 e. The van der Waals surface area contributed by atoms with Crippen molar-refractivity contribution >= 4 is 23.2 Å². The van der Waals surface area contributed by atoms with Gasteiger partial charge in [-0.05, 0) is 18.8 Å². The molecular weight excluding hydrogens is 364 g/mol. The number of likely N-dealkylation sites (tertiary alicyclic amines) is 1. The predicted molar refractivity (Wildman–Crippen MR) is 100 cm³/mol. The monoisotopic (exact) mass is 388 g/mol. The lowest BCUT2D eigenvalue weighted by atomic mass is 9.76. The number of hydrogen-bond acceptors (Lipinski definition) is 6. The number of rotatable bonds is 4. The molecule has 4 rings (SSSR count). The molecule has 2 saturated heterocycles. The quantitative estimate of drug-likeness (QED) is 0.753. The number of hydrogen-bond donors (Lipinski definition) is 0. The summed E-state index contributed by atoms with van der Waals surface area (Å²) < 4.78 is 7.57. The molecule has 2 aliphatic rings. The third-order valence-corrected chi connectivity index (χ3v) is 6.45. The zero-order valence-electron chi connectivity index (χ0n) is 15.6. The standard InChI is InChI=1S/C19H24N4O3S/c1-13(2)15-11-27-16(21-15)17(24)23-6-3-19(4-7-23)9-14(26-18(19)25)10-22-8-5-20-12-22/h5,8,11-14H,3-4,6-7,9-10H2,1-2H3. The van der Waals surface area contributed by atoms with E-state index in [0.717, 1.165) is 5.69 Å². The van der Waals surface area contributed by atoms with E-state index in [9.17, 15) is 9.59 Å². The summed E-state index contributed by atoms with van der Waals surface area (Å²) in [6.07, 6.45) is 7.22. The summed E-state index contributed by atoms with van der Waals surface area (Å²) in [4.78, 5) is 35.6. The van der Waals surface area contributed by atoms with Gasteiger partial charge in [-0.2, -0.15) is 0 Å². The molecule has 2 aliphatic heterocycles. The normalized spacial score (nSPS) is 21.8. The molecule has 2 aromatic heterocycles. The van der Waals surface area contributed by atoms with Gasteiger partial charge in [0, 0.05) is 37.3 Å². The van der Waals surface area contributed by atoms with Crippen LogP contribution in [0.1, 0.15) is 54.5 Å². The first-order valence-corrected chi connectivity index (χ1v) is 10.3. The smallest absolute Gasteiger partial charge is 0.312 e. The molecule has 0 radical (unpaired) electrons. The van der Waals surface area contributed by atoms with Crippen LogP contribution in [0.15, 0.2) is 24.1 Å². The highest BCUT2D eigenvalue weighted by atomic mass is 32.1. The van der Waals surface area contributed by atoms with Gasteiger partial charge in [-0.1, -0.05) is 13.8 Å². The number of imidazole rings is 1. The fraction of sp³-hybridized carbons (Fsp3) is 0.579. The van der Waals surface area contributed by atoms with Gasteiger partial charge >= 0.3 is 5.97 Å². The first-order valence-electron chi connectivity index (χ1n) is 9.38. The molecule has 0 aromatic carbocycles. The van der Waals surface area contributed by atoms with E-state index in [1.807, 2.05) is 21.0 Å². The van der Waals surface area contributed by atoms with Crippen LogP contribution in [-0.4, -0.2) is 50.5 Å². The summed E-state index contributed by atoms with van der Waals surface area (Å²) in [7, 11) is 0. The molecule has 1 spiro atoms. The lowest BCUT2D eigenvalue weighted by Crippen LogP contribution is -2.45. The van der Waals surface area contributed by atoms with Crippen molar-refractivity contribution in [2.45, 2.75) is 51.7 Å². The number of ether oxygens (including phenoxy) is 1. The average Bonchev–Trinajstić information content (AvgIpc) is 3.38. The minimum atomic E-state index is -0.450. The second kappa shape index (κ2) is 7.07. The molecule has 1 unspecified atom stereocenters. The van der Waals surface area contributed by atoms with Gasteiger partial charge in [0.15, 0.2) is 5.01 Å². The predicted octanol–water partition coefficient (Wildman–Crippen LogP) is 2.70. The van der Waals surface area contributed by atoms with Crippen LogP contribution < -0.4 is 0 Å². The van der Waals surface area contributed by atoms with Gasteiger partial charge in [-0.25, -0.2) is 9.97 Å². The van der Waals surface area contributed by atoms with Crippen molar-refractivity contribution in [3.63, 3.8) is 0 Å². The van der Waals surface area contributed by atoms with E-state index in [1.165, 1.54) is 11.3 Å². The zero-order valence-corrected chi connectivity index (χ0v) is 16.4. The van der Waals surface area contributed by atoms with Crippen molar-refractivity contribution < 1.29 is 14.3 Å². The van der Waals surface area contributed by atoms with Crippen molar-refractivity contribution in [1.82, 2.24) is 19.4 Å². The molecular formula is C19H24N4O3S. The number of aromatic nitrogens is 3. The van der Waals surface area contributed by atoms with Crippen LogP contribution in [0.4, 0.5) is 0 Å². The molecule has 0 aliphatic carbocycles. The Kier molecular flexibility index (Phi) is 4.75. The van der Waals surface area contributed by atoms with Crippen LogP contribution in [0.5, 0.6) is 0 Å². The Morgan fingerprint density at radius 3 is 2.81 bits per heavy atom. The molecule has 27 heavy (non-hydrogen) atoms. The fourth-order valence-electron chi connectivity index (χ4n) is 3.90. The molecule has 8 heteroatoms. The molecule has 0 saturated carbocycles. The van der Waals surface area contributed by atoms with E-state index < -0.39 is 5.41 Å². The second-order valence-electron chi connectivity index (χ2n) is 7.80. The third kappa shape index (κ3) is 3.50. The summed E-state index contributed by atoms with van der Waals surface area (Å²) in [5.74, 6) is 0.173. The zero-order chi connectivity index (χ0) is 19.0. The summed E-state index contributed by atoms with van der Waals surface area (Å²) in [5.41, 5.74) is 0.507. The summed E-state index contributed by atoms with van der Waals surface area (Å²) >= 11 is 1.40. The Morgan fingerprint density at radius 1 is 1.41 bits per heavy atom. The van der Waals surface area contributed by atoms with Gasteiger partial charge in [0.25, 0.3) is 5.91 Å². The van der Waals surface area contributed by atoms with Gasteiger partial charge in [0.2, 0.25) is 0 Å². The molecule has 0 N–H and O–H groups in total. The maximum absolute atomic E-state index is 12.7. The highest BCUT2D eigenvalue weighted by Gasteiger charge is 2.51. The number of esters is 1. The highest BCUT2D eigenvalue weighted by molar-refractivity contribution is 7.11. The van der Waals surface area contributed by atoms with Gasteiger partial charge in [0.1, 0.15) is 6.10 Å². The Bertz CT molecular complexity index is 822. The average molecular weight is 388 g/mol. The number of carbonyl (C=O) groups is 2. The molecule has 4 heterocycles. The largest absolute Gasteiger partial charge is 0.460 e. The van der Waals surface area contributed by atoms with Crippen molar-refractivity contribution in [2.24, 2.45) is 5.41 Å². The molecule has 0 bridgehead atoms. The fourth-order valence-corrected chi connectivity index (χ4v) is 4.85. The van der Waals surface area contributed by atoms with E-state index in [4.69, 9.17) is 4.74 Å². The van der Waals surface area contributed by atoms with Crippen molar-refractivity contribution in [1.29, 1.82) is 0 Å². The lowest BCUT2D eigenvalue weighted by molar-refractivity contribution is -0.150. The van der Waals surface area contributed by atoms with Gasteiger partial charge in [-0.15, -0.1) is 11.3 Å². The van der Waals surface area contributed by atoms with E-state index in [-0.39, 0.29) is 18.0 Å². The molecule has 1 amide bonds. The third-order valence-electron chi connectivity index (χ3n) is 5.60. The summed E-state index contributed by atoms with van der Waals surface area (Å²) in [6.45, 7) is 5.91. The van der Waals surface area contributed by atoms with Crippen LogP contribution in [0, 0.1) is 5.41 Å². The Morgan fingerprint density at radius 2 is 2.19 bits per heavy atom. The first-order chi connectivity index (χ1) is 13.0. The van der Waals surface area contributed by atoms with Gasteiger partial charge in [0.05, 0.1) is 24.0 Å². The molecule has 7 nitrogen and oxygen atoms in total. The van der Waals surface area contributed by atoms with E-state index >= 15 is 0 Å². The number of amides is 1. The van der Waals surface area contributed by atoms with Crippen LogP contribution in [0.3, 0.4) is 0 Å². The number of cyclic esters (lactones) is 1. The molecule has 2 aromatic rings. The van der Waals surface area contributed by atoms with Crippen molar-refractivity contribution in [3.05, 3.63) is 34.8 Å². The molecule has 1 atom stereocenters. The Balaban J connectivity index is 1.37. The van der Waals surface area contributed by atoms with Gasteiger partial charge < -0.3 is 14.2 Å². The van der Waals surface area contributed by atoms with E-state index in [0.29, 0.717) is 49.8 Å². The SMILES string of the molecule is CC(C)c1csc(C(=O)N2CCC3(CC2)CC(Cn2ccnc2)OC3=O)n1. The van der Waals surface area contributed by atoms with E-state index in [2.05, 4.69) is 23.8 Å². The number of thiazole rings is 1.